The molecule has 2 aromatic carbocycles. The van der Waals surface area contributed by atoms with Crippen molar-refractivity contribution in [2.24, 2.45) is 0 Å². The molecule has 0 aliphatic carbocycles. The van der Waals surface area contributed by atoms with Gasteiger partial charge in [0.05, 0.1) is 25.4 Å². The summed E-state index contributed by atoms with van der Waals surface area (Å²) < 4.78 is 5.05. The maximum Gasteiger partial charge on any atom is 0.251 e. The van der Waals surface area contributed by atoms with Crippen LogP contribution in [0.4, 0.5) is 5.69 Å². The third-order valence-electron chi connectivity index (χ3n) is 3.18. The molecule has 0 saturated carbocycles. The molecule has 5 heteroatoms. The van der Waals surface area contributed by atoms with Gasteiger partial charge in [0, 0.05) is 5.56 Å². The summed E-state index contributed by atoms with van der Waals surface area (Å²) in [6.07, 6.45) is 0. The van der Waals surface area contributed by atoms with Crippen LogP contribution in [0.15, 0.2) is 48.5 Å². The summed E-state index contributed by atoms with van der Waals surface area (Å²) in [6, 6.07) is 13.7. The molecule has 1 atom stereocenters. The van der Waals surface area contributed by atoms with Crippen molar-refractivity contribution in [3.63, 3.8) is 0 Å². The number of rotatable bonds is 5. The number of hydrogen-bond acceptors (Lipinski definition) is 4. The number of ether oxygens (including phenoxy) is 1. The number of methoxy groups -OCH3 is 1. The van der Waals surface area contributed by atoms with Crippen molar-refractivity contribution in [3.8, 4) is 5.75 Å². The topological polar surface area (TPSA) is 84.6 Å². The number of nitrogens with two attached hydrogens (primary N) is 1. The summed E-state index contributed by atoms with van der Waals surface area (Å²) in [6.45, 7) is -0.179. The SMILES string of the molecule is COc1ccc(C(=O)N[C@@H](CO)c2ccccc2)cc1N. The number of carbonyl (C=O) groups excluding carboxylic acids is 1. The Morgan fingerprint density at radius 1 is 1.29 bits per heavy atom. The fraction of sp³-hybridized carbons (Fsp3) is 0.188. The lowest BCUT2D eigenvalue weighted by Gasteiger charge is -2.17. The minimum Gasteiger partial charge on any atom is -0.495 e. The zero-order chi connectivity index (χ0) is 15.2. The van der Waals surface area contributed by atoms with E-state index in [1.165, 1.54) is 7.11 Å². The largest absolute Gasteiger partial charge is 0.495 e. The Morgan fingerprint density at radius 2 is 2.00 bits per heavy atom. The average Bonchev–Trinajstić information content (AvgIpc) is 2.53. The van der Waals surface area contributed by atoms with Crippen molar-refractivity contribution in [2.45, 2.75) is 6.04 Å². The molecular formula is C16H18N2O3. The smallest absolute Gasteiger partial charge is 0.251 e. The quantitative estimate of drug-likeness (QED) is 0.731. The molecule has 0 aromatic heterocycles. The number of nitrogen functional groups attached to an aromatic ring is 1. The van der Waals surface area contributed by atoms with Crippen molar-refractivity contribution in [1.29, 1.82) is 0 Å². The van der Waals surface area contributed by atoms with Crippen molar-refractivity contribution >= 4 is 11.6 Å². The summed E-state index contributed by atoms with van der Waals surface area (Å²) in [5, 5.41) is 12.2. The summed E-state index contributed by atoms with van der Waals surface area (Å²) in [5.41, 5.74) is 7.45. The molecule has 5 nitrogen and oxygen atoms in total. The Balaban J connectivity index is 2.15. The molecule has 0 aliphatic heterocycles. The predicted molar refractivity (Wildman–Crippen MR) is 81.1 cm³/mol. The second-order valence-electron chi connectivity index (χ2n) is 4.58. The van der Waals surface area contributed by atoms with Crippen LogP contribution in [-0.2, 0) is 0 Å². The van der Waals surface area contributed by atoms with E-state index in [9.17, 15) is 9.90 Å². The molecule has 2 rings (SSSR count). The minimum atomic E-state index is -0.456. The molecule has 0 radical (unpaired) electrons. The third-order valence-corrected chi connectivity index (χ3v) is 3.18. The zero-order valence-electron chi connectivity index (χ0n) is 11.7. The first-order chi connectivity index (χ1) is 10.2. The van der Waals surface area contributed by atoms with Crippen LogP contribution in [0, 0.1) is 0 Å². The second kappa shape index (κ2) is 6.76. The normalized spacial score (nSPS) is 11.7. The van der Waals surface area contributed by atoms with E-state index >= 15 is 0 Å². The number of hydrogen-bond donors (Lipinski definition) is 3. The van der Waals surface area contributed by atoms with Crippen molar-refractivity contribution in [3.05, 3.63) is 59.7 Å². The molecule has 0 spiro atoms. The van der Waals surface area contributed by atoms with Crippen molar-refractivity contribution in [2.75, 3.05) is 19.5 Å². The van der Waals surface area contributed by atoms with E-state index < -0.39 is 6.04 Å². The lowest BCUT2D eigenvalue weighted by atomic mass is 10.1. The summed E-state index contributed by atoms with van der Waals surface area (Å²) >= 11 is 0. The summed E-state index contributed by atoms with van der Waals surface area (Å²) in [4.78, 5) is 12.2. The highest BCUT2D eigenvalue weighted by atomic mass is 16.5. The van der Waals surface area contributed by atoms with Crippen molar-refractivity contribution in [1.82, 2.24) is 5.32 Å². The lowest BCUT2D eigenvalue weighted by molar-refractivity contribution is 0.0916. The van der Waals surface area contributed by atoms with Gasteiger partial charge >= 0.3 is 0 Å². The Bertz CT molecular complexity index is 614. The number of aliphatic hydroxyl groups is 1. The van der Waals surface area contributed by atoms with E-state index in [4.69, 9.17) is 10.5 Å². The van der Waals surface area contributed by atoms with Gasteiger partial charge in [0.2, 0.25) is 0 Å². The Hall–Kier alpha value is -2.53. The lowest BCUT2D eigenvalue weighted by Crippen LogP contribution is -2.30. The van der Waals surface area contributed by atoms with Crippen LogP contribution in [0.1, 0.15) is 22.0 Å². The molecule has 0 aliphatic rings. The van der Waals surface area contributed by atoms with Crippen LogP contribution < -0.4 is 15.8 Å². The van der Waals surface area contributed by atoms with E-state index in [0.717, 1.165) is 5.56 Å². The monoisotopic (exact) mass is 286 g/mol. The van der Waals surface area contributed by atoms with Crippen molar-refractivity contribution < 1.29 is 14.6 Å². The molecule has 110 valence electrons. The third kappa shape index (κ3) is 3.52. The van der Waals surface area contributed by atoms with Gasteiger partial charge in [0.25, 0.3) is 5.91 Å². The maximum atomic E-state index is 12.2. The van der Waals surface area contributed by atoms with Crippen LogP contribution in [-0.4, -0.2) is 24.7 Å². The summed E-state index contributed by atoms with van der Waals surface area (Å²) in [7, 11) is 1.52. The number of amides is 1. The van der Waals surface area contributed by atoms with Gasteiger partial charge in [-0.05, 0) is 23.8 Å². The number of aliphatic hydroxyl groups excluding tert-OH is 1. The summed E-state index contributed by atoms with van der Waals surface area (Å²) in [5.74, 6) is 0.223. The predicted octanol–water partition coefficient (Wildman–Crippen LogP) is 1.74. The fourth-order valence-corrected chi connectivity index (χ4v) is 2.04. The molecule has 0 fully saturated rings. The van der Waals surface area contributed by atoms with Gasteiger partial charge in [-0.2, -0.15) is 0 Å². The molecule has 0 bridgehead atoms. The van der Waals surface area contributed by atoms with Gasteiger partial charge in [-0.1, -0.05) is 30.3 Å². The van der Waals surface area contributed by atoms with E-state index in [1.54, 1.807) is 18.2 Å². The van der Waals surface area contributed by atoms with E-state index in [2.05, 4.69) is 5.32 Å². The molecule has 0 saturated heterocycles. The first kappa shape index (κ1) is 14.9. The van der Waals surface area contributed by atoms with Gasteiger partial charge in [0.15, 0.2) is 0 Å². The van der Waals surface area contributed by atoms with Crippen LogP contribution in [0.3, 0.4) is 0 Å². The first-order valence-corrected chi connectivity index (χ1v) is 6.56. The fourth-order valence-electron chi connectivity index (χ4n) is 2.04. The van der Waals surface area contributed by atoms with Gasteiger partial charge in [-0.15, -0.1) is 0 Å². The van der Waals surface area contributed by atoms with Gasteiger partial charge in [-0.3, -0.25) is 4.79 Å². The minimum absolute atomic E-state index is 0.179. The molecule has 1 amide bonds. The number of nitrogens with one attached hydrogen (secondary N) is 1. The Morgan fingerprint density at radius 3 is 2.57 bits per heavy atom. The van der Waals surface area contributed by atoms with Gasteiger partial charge in [0.1, 0.15) is 5.75 Å². The molecule has 0 unspecified atom stereocenters. The first-order valence-electron chi connectivity index (χ1n) is 6.56. The Kier molecular flexibility index (Phi) is 4.79. The molecule has 21 heavy (non-hydrogen) atoms. The highest BCUT2D eigenvalue weighted by molar-refractivity contribution is 5.95. The highest BCUT2D eigenvalue weighted by Gasteiger charge is 2.15. The highest BCUT2D eigenvalue weighted by Crippen LogP contribution is 2.22. The Labute approximate surface area is 123 Å². The second-order valence-corrected chi connectivity index (χ2v) is 4.58. The molecule has 2 aromatic rings. The van der Waals surface area contributed by atoms with Crippen LogP contribution in [0.5, 0.6) is 5.75 Å². The van der Waals surface area contributed by atoms with E-state index in [-0.39, 0.29) is 12.5 Å². The molecule has 4 N–H and O–H groups in total. The number of carbonyl (C=O) groups is 1. The zero-order valence-corrected chi connectivity index (χ0v) is 11.7. The molecule has 0 heterocycles. The standard InChI is InChI=1S/C16H18N2O3/c1-21-15-8-7-12(9-13(15)17)16(20)18-14(10-19)11-5-3-2-4-6-11/h2-9,14,19H,10,17H2,1H3,(H,18,20)/t14-/m0/s1. The maximum absolute atomic E-state index is 12.2. The molecular weight excluding hydrogens is 268 g/mol. The van der Waals surface area contributed by atoms with Gasteiger partial charge < -0.3 is 20.9 Å². The van der Waals surface area contributed by atoms with E-state index in [1.807, 2.05) is 30.3 Å². The van der Waals surface area contributed by atoms with Crippen LogP contribution >= 0.6 is 0 Å². The van der Waals surface area contributed by atoms with E-state index in [0.29, 0.717) is 17.0 Å². The average molecular weight is 286 g/mol. The number of benzene rings is 2. The van der Waals surface area contributed by atoms with Gasteiger partial charge in [-0.25, -0.2) is 0 Å². The number of anilines is 1. The van der Waals surface area contributed by atoms with Crippen LogP contribution in [0.25, 0.3) is 0 Å². The van der Waals surface area contributed by atoms with Crippen LogP contribution in [0.2, 0.25) is 0 Å².